The van der Waals surface area contributed by atoms with Gasteiger partial charge in [0.05, 0.1) is 30.9 Å². The van der Waals surface area contributed by atoms with Gasteiger partial charge < -0.3 is 14.8 Å². The quantitative estimate of drug-likeness (QED) is 0.670. The van der Waals surface area contributed by atoms with Crippen molar-refractivity contribution in [3.05, 3.63) is 53.5 Å². The molecular weight excluding hydrogens is 382 g/mol. The number of aromatic nitrogens is 1. The van der Waals surface area contributed by atoms with Gasteiger partial charge in [0, 0.05) is 5.56 Å². The van der Waals surface area contributed by atoms with Crippen molar-refractivity contribution in [2.45, 2.75) is 18.3 Å². The van der Waals surface area contributed by atoms with Gasteiger partial charge in [0.15, 0.2) is 0 Å². The average Bonchev–Trinajstić information content (AvgIpc) is 3.26. The van der Waals surface area contributed by atoms with Gasteiger partial charge in [-0.2, -0.15) is 5.26 Å². The highest BCUT2D eigenvalue weighted by atomic mass is 32.1. The number of benzene rings is 2. The number of methoxy groups -OCH3 is 2. The van der Waals surface area contributed by atoms with Crippen molar-refractivity contribution in [3.63, 3.8) is 0 Å². The van der Waals surface area contributed by atoms with Gasteiger partial charge in [0.25, 0.3) is 0 Å². The van der Waals surface area contributed by atoms with Crippen molar-refractivity contribution in [1.82, 2.24) is 10.3 Å². The molecule has 1 aliphatic heterocycles. The minimum Gasteiger partial charge on any atom is -0.497 e. The fraction of sp³-hybridized carbons (Fsp3) is 0.304. The third-order valence-electron chi connectivity index (χ3n) is 5.42. The van der Waals surface area contributed by atoms with Crippen LogP contribution in [0.15, 0.2) is 48.5 Å². The molecule has 1 aromatic heterocycles. The summed E-state index contributed by atoms with van der Waals surface area (Å²) in [4.78, 5) is 6.09. The molecule has 1 saturated heterocycles. The molecule has 29 heavy (non-hydrogen) atoms. The molecule has 0 aliphatic carbocycles. The second-order valence-corrected chi connectivity index (χ2v) is 8.10. The van der Waals surface area contributed by atoms with E-state index in [1.807, 2.05) is 48.5 Å². The first-order chi connectivity index (χ1) is 14.2. The second kappa shape index (κ2) is 8.24. The highest BCUT2D eigenvalue weighted by Crippen LogP contribution is 2.44. The van der Waals surface area contributed by atoms with Crippen LogP contribution in [0.1, 0.15) is 17.8 Å². The monoisotopic (exact) mass is 405 g/mol. The predicted molar refractivity (Wildman–Crippen MR) is 115 cm³/mol. The largest absolute Gasteiger partial charge is 0.497 e. The molecule has 148 valence electrons. The normalized spacial score (nSPS) is 15.5. The molecule has 1 aliphatic rings. The van der Waals surface area contributed by atoms with Crippen LogP contribution in [-0.2, 0) is 5.41 Å². The van der Waals surface area contributed by atoms with Crippen LogP contribution in [0.3, 0.4) is 0 Å². The summed E-state index contributed by atoms with van der Waals surface area (Å²) >= 11 is 1.63. The Morgan fingerprint density at radius 3 is 2.00 bits per heavy atom. The standard InChI is InChI=1S/C23H23N3O2S/c1-27-18-7-3-16(4-8-18)20-21(17-5-9-19(28-2)10-6-17)29-22(26-20)23(15-24)11-13-25-14-12-23/h3-10,25H,11-14H2,1-2H3. The van der Waals surface area contributed by atoms with Crippen LogP contribution >= 0.6 is 11.3 Å². The average molecular weight is 406 g/mol. The van der Waals surface area contributed by atoms with Crippen LogP contribution in [0.4, 0.5) is 0 Å². The van der Waals surface area contributed by atoms with Crippen molar-refractivity contribution in [3.8, 4) is 39.3 Å². The number of ether oxygens (including phenoxy) is 2. The topological polar surface area (TPSA) is 67.2 Å². The Morgan fingerprint density at radius 1 is 0.931 bits per heavy atom. The lowest BCUT2D eigenvalue weighted by Crippen LogP contribution is -2.38. The minimum atomic E-state index is -0.526. The minimum absolute atomic E-state index is 0.526. The van der Waals surface area contributed by atoms with Gasteiger partial charge in [0.1, 0.15) is 21.9 Å². The molecule has 3 aromatic rings. The number of hydrogen-bond donors (Lipinski definition) is 1. The number of thiazole rings is 1. The summed E-state index contributed by atoms with van der Waals surface area (Å²) in [6.45, 7) is 1.67. The summed E-state index contributed by atoms with van der Waals surface area (Å²) in [7, 11) is 3.32. The summed E-state index contributed by atoms with van der Waals surface area (Å²) in [5.41, 5.74) is 2.47. The zero-order valence-corrected chi connectivity index (χ0v) is 17.4. The number of nitrogens with zero attached hydrogens (tertiary/aromatic N) is 2. The number of nitrogens with one attached hydrogen (secondary N) is 1. The Bertz CT molecular complexity index is 949. The molecule has 0 unspecified atom stereocenters. The van der Waals surface area contributed by atoms with Crippen LogP contribution in [0.2, 0.25) is 0 Å². The van der Waals surface area contributed by atoms with Crippen molar-refractivity contribution < 1.29 is 9.47 Å². The third-order valence-corrected chi connectivity index (χ3v) is 6.73. The van der Waals surface area contributed by atoms with Gasteiger partial charge in [-0.3, -0.25) is 0 Å². The molecule has 0 amide bonds. The molecule has 0 spiro atoms. The van der Waals surface area contributed by atoms with Crippen molar-refractivity contribution in [2.24, 2.45) is 0 Å². The maximum atomic E-state index is 10.0. The van der Waals surface area contributed by atoms with Crippen LogP contribution in [0, 0.1) is 11.3 Å². The molecule has 0 saturated carbocycles. The van der Waals surface area contributed by atoms with E-state index >= 15 is 0 Å². The molecule has 4 rings (SSSR count). The third kappa shape index (κ3) is 3.71. The highest BCUT2D eigenvalue weighted by Gasteiger charge is 2.38. The van der Waals surface area contributed by atoms with Crippen LogP contribution in [0.25, 0.3) is 21.7 Å². The molecule has 0 bridgehead atoms. The lowest BCUT2D eigenvalue weighted by molar-refractivity contribution is 0.381. The Balaban J connectivity index is 1.84. The van der Waals surface area contributed by atoms with Crippen molar-refractivity contribution in [2.75, 3.05) is 27.3 Å². The Hall–Kier alpha value is -2.88. The fourth-order valence-corrected chi connectivity index (χ4v) is 4.92. The molecule has 1 fully saturated rings. The van der Waals surface area contributed by atoms with E-state index in [0.717, 1.165) is 64.1 Å². The smallest absolute Gasteiger partial charge is 0.118 e. The molecule has 0 radical (unpaired) electrons. The second-order valence-electron chi connectivity index (χ2n) is 7.10. The van der Waals surface area contributed by atoms with Crippen molar-refractivity contribution in [1.29, 1.82) is 5.26 Å². The first-order valence-electron chi connectivity index (χ1n) is 9.61. The maximum Gasteiger partial charge on any atom is 0.118 e. The van der Waals surface area contributed by atoms with E-state index in [2.05, 4.69) is 11.4 Å². The SMILES string of the molecule is COc1ccc(-c2nc(C3(C#N)CCNCC3)sc2-c2ccc(OC)cc2)cc1. The zero-order chi connectivity index (χ0) is 20.3. The number of piperidine rings is 1. The van der Waals surface area contributed by atoms with Gasteiger partial charge in [-0.25, -0.2) is 4.98 Å². The lowest BCUT2D eigenvalue weighted by atomic mass is 9.81. The van der Waals surface area contributed by atoms with E-state index < -0.39 is 5.41 Å². The van der Waals surface area contributed by atoms with Gasteiger partial charge >= 0.3 is 0 Å². The van der Waals surface area contributed by atoms with Crippen LogP contribution < -0.4 is 14.8 Å². The summed E-state index contributed by atoms with van der Waals surface area (Å²) in [5, 5.41) is 14.3. The van der Waals surface area contributed by atoms with Crippen molar-refractivity contribution >= 4 is 11.3 Å². The Kier molecular flexibility index (Phi) is 5.52. The van der Waals surface area contributed by atoms with E-state index in [0.29, 0.717) is 0 Å². The summed E-state index contributed by atoms with van der Waals surface area (Å²) in [6.07, 6.45) is 1.56. The van der Waals surface area contributed by atoms with E-state index in [1.54, 1.807) is 25.6 Å². The molecule has 0 atom stereocenters. The predicted octanol–water partition coefficient (Wildman–Crippen LogP) is 4.64. The number of rotatable bonds is 5. The first-order valence-corrected chi connectivity index (χ1v) is 10.4. The van der Waals surface area contributed by atoms with Gasteiger partial charge in [-0.15, -0.1) is 11.3 Å². The van der Waals surface area contributed by atoms with Crippen LogP contribution in [0.5, 0.6) is 11.5 Å². The van der Waals surface area contributed by atoms with E-state index in [9.17, 15) is 5.26 Å². The van der Waals surface area contributed by atoms with E-state index in [4.69, 9.17) is 14.5 Å². The van der Waals surface area contributed by atoms with E-state index in [-0.39, 0.29) is 0 Å². The molecule has 1 N–H and O–H groups in total. The fourth-order valence-electron chi connectivity index (χ4n) is 3.63. The number of hydrogen-bond acceptors (Lipinski definition) is 6. The maximum absolute atomic E-state index is 10.0. The summed E-state index contributed by atoms with van der Waals surface area (Å²) in [5.74, 6) is 1.62. The summed E-state index contributed by atoms with van der Waals surface area (Å²) < 4.78 is 10.6. The first kappa shape index (κ1) is 19.4. The molecule has 6 heteroatoms. The molecule has 2 aromatic carbocycles. The summed E-state index contributed by atoms with van der Waals surface area (Å²) in [6, 6.07) is 18.5. The molecule has 2 heterocycles. The van der Waals surface area contributed by atoms with Crippen LogP contribution in [-0.4, -0.2) is 32.3 Å². The number of nitriles is 1. The Morgan fingerprint density at radius 2 is 1.48 bits per heavy atom. The highest BCUT2D eigenvalue weighted by molar-refractivity contribution is 7.15. The zero-order valence-electron chi connectivity index (χ0n) is 16.6. The van der Waals surface area contributed by atoms with Gasteiger partial charge in [-0.1, -0.05) is 0 Å². The van der Waals surface area contributed by atoms with E-state index in [1.165, 1.54) is 0 Å². The van der Waals surface area contributed by atoms with Gasteiger partial charge in [0.2, 0.25) is 0 Å². The van der Waals surface area contributed by atoms with Gasteiger partial charge in [-0.05, 0) is 80.0 Å². The molecule has 5 nitrogen and oxygen atoms in total. The Labute approximate surface area is 174 Å². The lowest BCUT2D eigenvalue weighted by Gasteiger charge is -2.29. The molecular formula is C23H23N3O2S.